The Bertz CT molecular complexity index is 717. The van der Waals surface area contributed by atoms with E-state index >= 15 is 0 Å². The van der Waals surface area contributed by atoms with E-state index in [-0.39, 0.29) is 18.0 Å². The summed E-state index contributed by atoms with van der Waals surface area (Å²) in [6, 6.07) is 13.4. The van der Waals surface area contributed by atoms with Crippen molar-refractivity contribution in [2.45, 2.75) is 16.6 Å². The number of methoxy groups -OCH3 is 2. The first-order valence-corrected chi connectivity index (χ1v) is 8.44. The van der Waals surface area contributed by atoms with Crippen molar-refractivity contribution < 1.29 is 19.0 Å². The number of nitrogens with one attached hydrogen (secondary N) is 1. The van der Waals surface area contributed by atoms with E-state index in [9.17, 15) is 4.79 Å². The van der Waals surface area contributed by atoms with E-state index in [2.05, 4.69) is 5.32 Å². The van der Waals surface area contributed by atoms with Gasteiger partial charge in [-0.25, -0.2) is 0 Å². The quantitative estimate of drug-likeness (QED) is 0.814. The summed E-state index contributed by atoms with van der Waals surface area (Å²) in [6.07, 6.45) is 0.656. The minimum Gasteiger partial charge on any atom is -0.497 e. The van der Waals surface area contributed by atoms with Crippen LogP contribution < -0.4 is 14.8 Å². The van der Waals surface area contributed by atoms with Gasteiger partial charge in [-0.15, -0.1) is 11.8 Å². The average molecular weight is 345 g/mol. The Morgan fingerprint density at radius 1 is 1.08 bits per heavy atom. The standard InChI is InChI=1S/C18H19NO4S/c1-21-11-23-14-7-8-15-16(10-14)24-17(18(20)19-15)9-12-3-5-13(22-2)6-4-12/h3-8,10,17H,9,11H2,1-2H3,(H,19,20). The average Bonchev–Trinajstić information content (AvgIpc) is 2.61. The lowest BCUT2D eigenvalue weighted by Gasteiger charge is -2.24. The number of thioether (sulfide) groups is 1. The molecule has 2 aromatic carbocycles. The molecule has 3 rings (SSSR count). The molecule has 1 amide bonds. The number of anilines is 1. The first-order chi connectivity index (χ1) is 11.7. The molecule has 0 bridgehead atoms. The maximum Gasteiger partial charge on any atom is 0.238 e. The van der Waals surface area contributed by atoms with E-state index in [1.807, 2.05) is 42.5 Å². The van der Waals surface area contributed by atoms with Gasteiger partial charge in [-0.1, -0.05) is 12.1 Å². The van der Waals surface area contributed by atoms with Crippen molar-refractivity contribution in [1.82, 2.24) is 0 Å². The summed E-state index contributed by atoms with van der Waals surface area (Å²) >= 11 is 1.55. The van der Waals surface area contributed by atoms with Crippen LogP contribution in [0, 0.1) is 0 Å². The third-order valence-corrected chi connectivity index (χ3v) is 4.95. The van der Waals surface area contributed by atoms with Crippen molar-refractivity contribution in [1.29, 1.82) is 0 Å². The highest BCUT2D eigenvalue weighted by Crippen LogP contribution is 2.39. The number of hydrogen-bond acceptors (Lipinski definition) is 5. The van der Waals surface area contributed by atoms with Gasteiger partial charge in [-0.3, -0.25) is 4.79 Å². The van der Waals surface area contributed by atoms with Crippen molar-refractivity contribution in [2.75, 3.05) is 26.3 Å². The highest BCUT2D eigenvalue weighted by atomic mass is 32.2. The molecule has 1 aliphatic rings. The lowest BCUT2D eigenvalue weighted by molar-refractivity contribution is -0.115. The van der Waals surface area contributed by atoms with Crippen LogP contribution >= 0.6 is 11.8 Å². The number of carbonyl (C=O) groups is 1. The fourth-order valence-corrected chi connectivity index (χ4v) is 3.63. The lowest BCUT2D eigenvalue weighted by Crippen LogP contribution is -2.30. The SMILES string of the molecule is COCOc1ccc2c(c1)SC(Cc1ccc(OC)cc1)C(=O)N2. The molecule has 1 heterocycles. The molecule has 24 heavy (non-hydrogen) atoms. The van der Waals surface area contributed by atoms with Crippen LogP contribution in [0.4, 0.5) is 5.69 Å². The Balaban J connectivity index is 1.73. The zero-order valence-corrected chi connectivity index (χ0v) is 14.4. The topological polar surface area (TPSA) is 56.8 Å². The largest absolute Gasteiger partial charge is 0.497 e. The molecule has 1 unspecified atom stereocenters. The minimum atomic E-state index is -0.177. The number of rotatable bonds is 6. The number of hydrogen-bond donors (Lipinski definition) is 1. The van der Waals surface area contributed by atoms with Gasteiger partial charge >= 0.3 is 0 Å². The van der Waals surface area contributed by atoms with E-state index in [0.717, 1.165) is 27.6 Å². The third-order valence-electron chi connectivity index (χ3n) is 3.70. The summed E-state index contributed by atoms with van der Waals surface area (Å²) in [6.45, 7) is 0.199. The summed E-state index contributed by atoms with van der Waals surface area (Å²) in [4.78, 5) is 13.3. The van der Waals surface area contributed by atoms with Crippen LogP contribution in [-0.4, -0.2) is 32.2 Å². The van der Waals surface area contributed by atoms with Gasteiger partial charge in [0.15, 0.2) is 6.79 Å². The zero-order chi connectivity index (χ0) is 16.9. The van der Waals surface area contributed by atoms with Crippen molar-refractivity contribution >= 4 is 23.4 Å². The first kappa shape index (κ1) is 16.7. The molecular weight excluding hydrogens is 326 g/mol. The Morgan fingerprint density at radius 2 is 1.83 bits per heavy atom. The molecule has 0 saturated heterocycles. The number of fused-ring (bicyclic) bond motifs is 1. The molecule has 126 valence electrons. The molecule has 1 aliphatic heterocycles. The van der Waals surface area contributed by atoms with Crippen LogP contribution in [0.3, 0.4) is 0 Å². The Hall–Kier alpha value is -2.18. The minimum absolute atomic E-state index is 0.0221. The first-order valence-electron chi connectivity index (χ1n) is 7.56. The van der Waals surface area contributed by atoms with Crippen molar-refractivity contribution in [3.63, 3.8) is 0 Å². The zero-order valence-electron chi connectivity index (χ0n) is 13.6. The van der Waals surface area contributed by atoms with Gasteiger partial charge in [0.2, 0.25) is 5.91 Å². The molecule has 0 saturated carbocycles. The number of benzene rings is 2. The Morgan fingerprint density at radius 3 is 2.54 bits per heavy atom. The molecule has 1 N–H and O–H groups in total. The highest BCUT2D eigenvalue weighted by Gasteiger charge is 2.27. The Kier molecular flexibility index (Phi) is 5.27. The van der Waals surface area contributed by atoms with Gasteiger partial charge < -0.3 is 19.5 Å². The van der Waals surface area contributed by atoms with E-state index in [0.29, 0.717) is 6.42 Å². The molecule has 5 nitrogen and oxygen atoms in total. The molecule has 2 aromatic rings. The maximum absolute atomic E-state index is 12.3. The van der Waals surface area contributed by atoms with E-state index in [1.54, 1.807) is 26.0 Å². The number of ether oxygens (including phenoxy) is 3. The highest BCUT2D eigenvalue weighted by molar-refractivity contribution is 8.01. The molecule has 0 aliphatic carbocycles. The van der Waals surface area contributed by atoms with Gasteiger partial charge in [-0.05, 0) is 42.3 Å². The second-order valence-corrected chi connectivity index (χ2v) is 6.60. The van der Waals surface area contributed by atoms with Gasteiger partial charge in [0.05, 0.1) is 18.0 Å². The monoisotopic (exact) mass is 345 g/mol. The Labute approximate surface area is 145 Å². The van der Waals surface area contributed by atoms with E-state index < -0.39 is 0 Å². The van der Waals surface area contributed by atoms with Crippen LogP contribution in [0.15, 0.2) is 47.4 Å². The normalized spacial score (nSPS) is 16.2. The molecule has 0 aromatic heterocycles. The maximum atomic E-state index is 12.3. The van der Waals surface area contributed by atoms with Crippen molar-refractivity contribution in [2.24, 2.45) is 0 Å². The summed E-state index contributed by atoms with van der Waals surface area (Å²) in [5, 5.41) is 2.79. The van der Waals surface area contributed by atoms with Gasteiger partial charge in [0, 0.05) is 12.0 Å². The fourth-order valence-electron chi connectivity index (χ4n) is 2.45. The van der Waals surface area contributed by atoms with E-state index in [4.69, 9.17) is 14.2 Å². The van der Waals surface area contributed by atoms with Crippen LogP contribution in [0.1, 0.15) is 5.56 Å². The van der Waals surface area contributed by atoms with Gasteiger partial charge in [-0.2, -0.15) is 0 Å². The molecule has 1 atom stereocenters. The van der Waals surface area contributed by atoms with E-state index in [1.165, 1.54) is 0 Å². The van der Waals surface area contributed by atoms with Gasteiger partial charge in [0.1, 0.15) is 11.5 Å². The predicted molar refractivity (Wildman–Crippen MR) is 93.9 cm³/mol. The van der Waals surface area contributed by atoms with Crippen molar-refractivity contribution in [3.8, 4) is 11.5 Å². The van der Waals surface area contributed by atoms with Crippen LogP contribution in [-0.2, 0) is 16.0 Å². The van der Waals surface area contributed by atoms with Crippen LogP contribution in [0.2, 0.25) is 0 Å². The summed E-state index contributed by atoms with van der Waals surface area (Å²) in [7, 11) is 3.22. The van der Waals surface area contributed by atoms with Crippen molar-refractivity contribution in [3.05, 3.63) is 48.0 Å². The molecular formula is C18H19NO4S. The number of carbonyl (C=O) groups excluding carboxylic acids is 1. The van der Waals surface area contributed by atoms with Gasteiger partial charge in [0.25, 0.3) is 0 Å². The number of amides is 1. The second-order valence-electron chi connectivity index (χ2n) is 5.36. The lowest BCUT2D eigenvalue weighted by atomic mass is 10.1. The predicted octanol–water partition coefficient (Wildman–Crippen LogP) is 3.33. The summed E-state index contributed by atoms with van der Waals surface area (Å²) < 4.78 is 15.5. The van der Waals surface area contributed by atoms with Crippen LogP contribution in [0.5, 0.6) is 11.5 Å². The third kappa shape index (κ3) is 3.83. The van der Waals surface area contributed by atoms with Crippen LogP contribution in [0.25, 0.3) is 0 Å². The molecule has 0 radical (unpaired) electrons. The molecule has 6 heteroatoms. The smallest absolute Gasteiger partial charge is 0.238 e. The summed E-state index contributed by atoms with van der Waals surface area (Å²) in [5.41, 5.74) is 1.92. The summed E-state index contributed by atoms with van der Waals surface area (Å²) in [5.74, 6) is 1.56. The fraction of sp³-hybridized carbons (Fsp3) is 0.278. The molecule has 0 fully saturated rings. The second kappa shape index (κ2) is 7.59. The molecule has 0 spiro atoms.